The fourth-order valence-electron chi connectivity index (χ4n) is 5.58. The van der Waals surface area contributed by atoms with Crippen molar-refractivity contribution in [3.8, 4) is 5.75 Å². The van der Waals surface area contributed by atoms with Gasteiger partial charge in [0.1, 0.15) is 5.75 Å². The molecule has 1 amide bonds. The Morgan fingerprint density at radius 1 is 1.28 bits per heavy atom. The van der Waals surface area contributed by atoms with Crippen LogP contribution in [0.3, 0.4) is 0 Å². The van der Waals surface area contributed by atoms with Gasteiger partial charge in [0.15, 0.2) is 5.78 Å². The van der Waals surface area contributed by atoms with Crippen LogP contribution in [-0.4, -0.2) is 42.0 Å². The number of anilines is 1. The van der Waals surface area contributed by atoms with Crippen molar-refractivity contribution in [2.75, 3.05) is 24.6 Å². The molecule has 4 unspecified atom stereocenters. The summed E-state index contributed by atoms with van der Waals surface area (Å²) < 4.78 is 6.31. The van der Waals surface area contributed by atoms with Crippen LogP contribution in [0.5, 0.6) is 5.75 Å². The summed E-state index contributed by atoms with van der Waals surface area (Å²) in [6, 6.07) is 5.24. The Balaban J connectivity index is 1.65. The van der Waals surface area contributed by atoms with Crippen LogP contribution in [0.2, 0.25) is 0 Å². The Labute approximate surface area is 219 Å². The van der Waals surface area contributed by atoms with Crippen molar-refractivity contribution in [2.24, 2.45) is 17.8 Å². The minimum atomic E-state index is -0.559. The maximum absolute atomic E-state index is 12.7. The van der Waals surface area contributed by atoms with Crippen LogP contribution in [0.1, 0.15) is 62.7 Å². The lowest BCUT2D eigenvalue weighted by Crippen LogP contribution is -2.43. The quantitative estimate of drug-likeness (QED) is 0.188. The molecule has 6 nitrogen and oxygen atoms in total. The van der Waals surface area contributed by atoms with Gasteiger partial charge in [0, 0.05) is 30.5 Å². The molecule has 1 aliphatic heterocycles. The molecule has 1 aromatic carbocycles. The number of ether oxygens (including phenoxy) is 1. The number of hydroxylamine groups is 1. The maximum Gasteiger partial charge on any atom is 0.274 e. The van der Waals surface area contributed by atoms with Gasteiger partial charge in [-0.05, 0) is 67.9 Å². The molecule has 3 aliphatic rings. The lowest BCUT2D eigenvalue weighted by molar-refractivity contribution is -0.122. The molecule has 2 aliphatic carbocycles. The minimum Gasteiger partial charge on any atom is -0.491 e. The van der Waals surface area contributed by atoms with E-state index in [4.69, 9.17) is 16.3 Å². The number of benzene rings is 1. The number of rotatable bonds is 9. The largest absolute Gasteiger partial charge is 0.491 e. The zero-order chi connectivity index (χ0) is 25.7. The van der Waals surface area contributed by atoms with E-state index >= 15 is 0 Å². The van der Waals surface area contributed by atoms with Crippen LogP contribution in [0.15, 0.2) is 53.6 Å². The average Bonchev–Trinajstić information content (AvgIpc) is 3.04. The number of ketones is 1. The zero-order valence-electron chi connectivity index (χ0n) is 21.2. The number of hydrogen-bond acceptors (Lipinski definition) is 5. The number of allylic oxidation sites excluding steroid dienone is 5. The van der Waals surface area contributed by atoms with Gasteiger partial charge in [0.25, 0.3) is 5.91 Å². The van der Waals surface area contributed by atoms with Gasteiger partial charge in [-0.25, -0.2) is 5.48 Å². The first-order valence-corrected chi connectivity index (χ1v) is 13.6. The molecule has 36 heavy (non-hydrogen) atoms. The summed E-state index contributed by atoms with van der Waals surface area (Å²) in [7, 11) is 0. The Morgan fingerprint density at radius 3 is 2.81 bits per heavy atom. The van der Waals surface area contributed by atoms with Gasteiger partial charge in [-0.2, -0.15) is 0 Å². The molecule has 0 spiro atoms. The number of amides is 1. The van der Waals surface area contributed by atoms with Crippen LogP contribution in [0.25, 0.3) is 0 Å². The van der Waals surface area contributed by atoms with Gasteiger partial charge in [-0.1, -0.05) is 44.1 Å². The number of carbonyl (C=O) groups excluding carboxylic acids is 2. The van der Waals surface area contributed by atoms with Gasteiger partial charge >= 0.3 is 0 Å². The molecule has 0 aromatic heterocycles. The lowest BCUT2D eigenvalue weighted by Gasteiger charge is -2.40. The van der Waals surface area contributed by atoms with E-state index in [0.29, 0.717) is 24.5 Å². The predicted octanol–water partition coefficient (Wildman–Crippen LogP) is 5.85. The Kier molecular flexibility index (Phi) is 8.91. The second-order valence-corrected chi connectivity index (χ2v) is 10.6. The molecule has 7 heteroatoms. The van der Waals surface area contributed by atoms with E-state index < -0.39 is 5.91 Å². The van der Waals surface area contributed by atoms with Crippen molar-refractivity contribution in [2.45, 2.75) is 57.7 Å². The SMILES string of the molecule is CC/C=C/C(=O)C1CCC1CN1CC(C2=C(CCC)CC(Cl)C=C2)COc2ccc(C(=O)NO)cc21. The summed E-state index contributed by atoms with van der Waals surface area (Å²) >= 11 is 6.46. The van der Waals surface area contributed by atoms with Gasteiger partial charge in [0.05, 0.1) is 17.7 Å². The molecule has 1 aromatic rings. The number of carbonyl (C=O) groups is 2. The molecule has 2 N–H and O–H groups in total. The number of nitrogens with zero attached hydrogens (tertiary/aromatic N) is 1. The first-order chi connectivity index (χ1) is 17.4. The van der Waals surface area contributed by atoms with Gasteiger partial charge in [-0.15, -0.1) is 11.6 Å². The van der Waals surface area contributed by atoms with Crippen molar-refractivity contribution < 1.29 is 19.5 Å². The van der Waals surface area contributed by atoms with Crippen LogP contribution >= 0.6 is 11.6 Å². The normalized spacial score (nSPS) is 25.7. The molecule has 4 atom stereocenters. The Hall–Kier alpha value is -2.57. The third-order valence-electron chi connectivity index (χ3n) is 7.63. The monoisotopic (exact) mass is 512 g/mol. The van der Waals surface area contributed by atoms with Gasteiger partial charge in [-0.3, -0.25) is 14.8 Å². The highest BCUT2D eigenvalue weighted by atomic mass is 35.5. The summed E-state index contributed by atoms with van der Waals surface area (Å²) in [5.41, 5.74) is 5.61. The van der Waals surface area contributed by atoms with Gasteiger partial charge < -0.3 is 9.64 Å². The van der Waals surface area contributed by atoms with Crippen LogP contribution in [0.4, 0.5) is 5.69 Å². The minimum absolute atomic E-state index is 0.0211. The number of alkyl halides is 1. The predicted molar refractivity (Wildman–Crippen MR) is 143 cm³/mol. The van der Waals surface area contributed by atoms with Crippen molar-refractivity contribution in [1.29, 1.82) is 0 Å². The second kappa shape index (κ2) is 12.1. The summed E-state index contributed by atoms with van der Waals surface area (Å²) in [5.74, 6) is 0.789. The molecule has 1 fully saturated rings. The molecule has 1 saturated carbocycles. The molecule has 4 rings (SSSR count). The highest BCUT2D eigenvalue weighted by molar-refractivity contribution is 6.22. The standard InChI is InChI=1S/C29H37ClN2O4/c1-3-5-7-27(33)25-11-8-21(25)16-32-17-22(24-12-10-23(30)14-19(24)6-4-2)18-36-28-13-9-20(15-26(28)32)29(34)31-35/h5,7,9-10,12-13,15,21-23,25,35H,3-4,6,8,11,14,16-18H2,1-2H3,(H,31,34)/b7-5+. The van der Waals surface area contributed by atoms with Crippen molar-refractivity contribution >= 4 is 29.0 Å². The number of fused-ring (bicyclic) bond motifs is 1. The number of nitrogens with one attached hydrogen (secondary N) is 1. The third-order valence-corrected chi connectivity index (χ3v) is 7.93. The molecular weight excluding hydrogens is 476 g/mol. The Morgan fingerprint density at radius 2 is 2.11 bits per heavy atom. The molecule has 0 bridgehead atoms. The lowest BCUT2D eigenvalue weighted by atomic mass is 9.70. The van der Waals surface area contributed by atoms with Crippen molar-refractivity contribution in [1.82, 2.24) is 5.48 Å². The number of hydrogen-bond donors (Lipinski definition) is 2. The third kappa shape index (κ3) is 5.87. The molecule has 194 valence electrons. The first-order valence-electron chi connectivity index (χ1n) is 13.2. The summed E-state index contributed by atoms with van der Waals surface area (Å²) in [5, 5.41) is 9.19. The van der Waals surface area contributed by atoms with Crippen LogP contribution in [0, 0.1) is 17.8 Å². The average molecular weight is 513 g/mol. The van der Waals surface area contributed by atoms with E-state index in [1.54, 1.807) is 29.8 Å². The number of halogens is 1. The fourth-order valence-corrected chi connectivity index (χ4v) is 5.84. The second-order valence-electron chi connectivity index (χ2n) is 10.1. The smallest absolute Gasteiger partial charge is 0.274 e. The fraction of sp³-hybridized carbons (Fsp3) is 0.517. The molecule has 1 heterocycles. The van der Waals surface area contributed by atoms with E-state index in [1.165, 1.54) is 11.1 Å². The maximum atomic E-state index is 12.7. The summed E-state index contributed by atoms with van der Waals surface area (Å²) in [6.07, 6.45) is 13.6. The highest BCUT2D eigenvalue weighted by Gasteiger charge is 2.38. The Bertz CT molecular complexity index is 1060. The topological polar surface area (TPSA) is 78.9 Å². The molecule has 0 saturated heterocycles. The van der Waals surface area contributed by atoms with E-state index in [1.807, 2.05) is 13.0 Å². The van der Waals surface area contributed by atoms with E-state index in [9.17, 15) is 14.8 Å². The van der Waals surface area contributed by atoms with Crippen LogP contribution < -0.4 is 15.1 Å². The highest BCUT2D eigenvalue weighted by Crippen LogP contribution is 2.41. The van der Waals surface area contributed by atoms with E-state index in [0.717, 1.165) is 50.8 Å². The van der Waals surface area contributed by atoms with Crippen molar-refractivity contribution in [3.63, 3.8) is 0 Å². The molecule has 0 radical (unpaired) electrons. The van der Waals surface area contributed by atoms with E-state index in [-0.39, 0.29) is 28.9 Å². The van der Waals surface area contributed by atoms with Crippen molar-refractivity contribution in [3.05, 3.63) is 59.2 Å². The van der Waals surface area contributed by atoms with E-state index in [2.05, 4.69) is 24.0 Å². The van der Waals surface area contributed by atoms with Crippen LogP contribution in [-0.2, 0) is 4.79 Å². The zero-order valence-corrected chi connectivity index (χ0v) is 22.0. The summed E-state index contributed by atoms with van der Waals surface area (Å²) in [6.45, 7) is 6.18. The molecular formula is C29H37ClN2O4. The van der Waals surface area contributed by atoms with Gasteiger partial charge in [0.2, 0.25) is 0 Å². The first kappa shape index (κ1) is 26.5. The summed E-state index contributed by atoms with van der Waals surface area (Å²) in [4.78, 5) is 27.2.